The van der Waals surface area contributed by atoms with Crippen molar-refractivity contribution in [1.82, 2.24) is 9.29 Å². The zero-order valence-electron chi connectivity index (χ0n) is 9.18. The van der Waals surface area contributed by atoms with Crippen LogP contribution in [0, 0.1) is 0 Å². The van der Waals surface area contributed by atoms with Gasteiger partial charge < -0.3 is 10.1 Å². The molecule has 1 aliphatic heterocycles. The molecule has 0 aromatic carbocycles. The molecule has 5 nitrogen and oxygen atoms in total. The normalized spacial score (nSPS) is 22.1. The highest BCUT2D eigenvalue weighted by molar-refractivity contribution is 7.89. The maximum atomic E-state index is 12.1. The Bertz CT molecular complexity index is 440. The lowest BCUT2D eigenvalue weighted by atomic mass is 9.95. The second kappa shape index (κ2) is 3.87. The fourth-order valence-electron chi connectivity index (χ4n) is 1.83. The number of nitrogens with zero attached hydrogens (tertiary/aromatic N) is 1. The van der Waals surface area contributed by atoms with Crippen LogP contribution in [-0.4, -0.2) is 41.5 Å². The Kier molecular flexibility index (Phi) is 2.81. The Labute approximate surface area is 95.1 Å². The molecule has 90 valence electrons. The van der Waals surface area contributed by atoms with E-state index < -0.39 is 15.6 Å². The maximum absolute atomic E-state index is 12.1. The van der Waals surface area contributed by atoms with Gasteiger partial charge in [0.15, 0.2) is 0 Å². The number of aromatic amines is 1. The average Bonchev–Trinajstić information content (AvgIpc) is 2.70. The van der Waals surface area contributed by atoms with E-state index in [1.165, 1.54) is 10.5 Å². The molecule has 1 aliphatic rings. The fraction of sp³-hybridized carbons (Fsp3) is 0.600. The first kappa shape index (κ1) is 11.6. The maximum Gasteiger partial charge on any atom is 0.244 e. The Balaban J connectivity index is 2.16. The molecule has 2 heterocycles. The van der Waals surface area contributed by atoms with Crippen LogP contribution in [0.3, 0.4) is 0 Å². The van der Waals surface area contributed by atoms with E-state index in [2.05, 4.69) is 4.98 Å². The molecular formula is C10H16N2O3S. The summed E-state index contributed by atoms with van der Waals surface area (Å²) in [4.78, 5) is 3.02. The quantitative estimate of drug-likeness (QED) is 0.798. The van der Waals surface area contributed by atoms with Crippen LogP contribution in [0.2, 0.25) is 0 Å². The first-order valence-electron chi connectivity index (χ1n) is 5.27. The molecule has 1 aromatic heterocycles. The molecular weight excluding hydrogens is 228 g/mol. The summed E-state index contributed by atoms with van der Waals surface area (Å²) in [6.45, 7) is 2.49. The standard InChI is InChI=1S/C10H16N2O3S/c1-10(13)3-6-12(7-4-10)16(14,15)9-2-5-11-8-9/h2,5,8,11,13H,3-4,6-7H2,1H3. The fourth-order valence-corrected chi connectivity index (χ4v) is 3.24. The lowest BCUT2D eigenvalue weighted by Gasteiger charge is -2.34. The molecule has 0 radical (unpaired) electrons. The van der Waals surface area contributed by atoms with Gasteiger partial charge >= 0.3 is 0 Å². The van der Waals surface area contributed by atoms with Gasteiger partial charge in [-0.2, -0.15) is 4.31 Å². The van der Waals surface area contributed by atoms with Gasteiger partial charge in [0.05, 0.1) is 10.5 Å². The minimum absolute atomic E-state index is 0.286. The third-order valence-corrected chi connectivity index (χ3v) is 4.90. The van der Waals surface area contributed by atoms with Crippen LogP contribution < -0.4 is 0 Å². The number of H-pyrrole nitrogens is 1. The average molecular weight is 244 g/mol. The van der Waals surface area contributed by atoms with Crippen LogP contribution in [0.1, 0.15) is 19.8 Å². The van der Waals surface area contributed by atoms with Crippen molar-refractivity contribution in [2.75, 3.05) is 13.1 Å². The lowest BCUT2D eigenvalue weighted by molar-refractivity contribution is 0.0126. The molecule has 0 aliphatic carbocycles. The molecule has 1 aromatic rings. The van der Waals surface area contributed by atoms with Gasteiger partial charge in [-0.3, -0.25) is 0 Å². The van der Waals surface area contributed by atoms with Gasteiger partial charge in [-0.05, 0) is 25.8 Å². The molecule has 1 fully saturated rings. The highest BCUT2D eigenvalue weighted by Gasteiger charge is 2.33. The molecule has 2 N–H and O–H groups in total. The molecule has 0 amide bonds. The molecule has 6 heteroatoms. The van der Waals surface area contributed by atoms with E-state index in [1.807, 2.05) is 0 Å². The first-order valence-corrected chi connectivity index (χ1v) is 6.71. The number of piperidine rings is 1. The van der Waals surface area contributed by atoms with Crippen LogP contribution in [0.15, 0.2) is 23.4 Å². The second-order valence-electron chi connectivity index (χ2n) is 4.45. The highest BCUT2D eigenvalue weighted by Crippen LogP contribution is 2.25. The second-order valence-corrected chi connectivity index (χ2v) is 6.39. The van der Waals surface area contributed by atoms with Crippen LogP contribution in [0.5, 0.6) is 0 Å². The third-order valence-electron chi connectivity index (χ3n) is 3.01. The summed E-state index contributed by atoms with van der Waals surface area (Å²) in [7, 11) is -3.38. The summed E-state index contributed by atoms with van der Waals surface area (Å²) in [6, 6.07) is 1.54. The van der Waals surface area contributed by atoms with Gasteiger partial charge in [0, 0.05) is 25.5 Å². The zero-order chi connectivity index (χ0) is 11.8. The minimum Gasteiger partial charge on any atom is -0.390 e. The summed E-state index contributed by atoms with van der Waals surface area (Å²) < 4.78 is 25.6. The number of aromatic nitrogens is 1. The molecule has 16 heavy (non-hydrogen) atoms. The molecule has 2 rings (SSSR count). The van der Waals surface area contributed by atoms with Crippen molar-refractivity contribution in [2.45, 2.75) is 30.3 Å². The molecule has 0 unspecified atom stereocenters. The monoisotopic (exact) mass is 244 g/mol. The van der Waals surface area contributed by atoms with E-state index in [-0.39, 0.29) is 4.90 Å². The van der Waals surface area contributed by atoms with E-state index >= 15 is 0 Å². The first-order chi connectivity index (χ1) is 7.42. The van der Waals surface area contributed by atoms with Crippen molar-refractivity contribution >= 4 is 10.0 Å². The molecule has 0 bridgehead atoms. The lowest BCUT2D eigenvalue weighted by Crippen LogP contribution is -2.44. The van der Waals surface area contributed by atoms with Gasteiger partial charge in [-0.25, -0.2) is 8.42 Å². The molecule has 1 saturated heterocycles. The van der Waals surface area contributed by atoms with Crippen LogP contribution >= 0.6 is 0 Å². The van der Waals surface area contributed by atoms with Crippen molar-refractivity contribution in [2.24, 2.45) is 0 Å². The summed E-state index contributed by atoms with van der Waals surface area (Å²) in [5.41, 5.74) is -0.732. The molecule has 0 spiro atoms. The summed E-state index contributed by atoms with van der Waals surface area (Å²) in [5, 5.41) is 9.76. The number of sulfonamides is 1. The van der Waals surface area contributed by atoms with E-state index in [9.17, 15) is 13.5 Å². The van der Waals surface area contributed by atoms with Gasteiger partial charge in [-0.15, -0.1) is 0 Å². The third kappa shape index (κ3) is 2.14. The van der Waals surface area contributed by atoms with Gasteiger partial charge in [-0.1, -0.05) is 0 Å². The van der Waals surface area contributed by atoms with Gasteiger partial charge in [0.2, 0.25) is 10.0 Å². The van der Waals surface area contributed by atoms with E-state index in [1.54, 1.807) is 19.2 Å². The number of hydrogen-bond acceptors (Lipinski definition) is 3. The topological polar surface area (TPSA) is 73.4 Å². The van der Waals surface area contributed by atoms with Gasteiger partial charge in [0.25, 0.3) is 0 Å². The smallest absolute Gasteiger partial charge is 0.244 e. The van der Waals surface area contributed by atoms with E-state index in [4.69, 9.17) is 0 Å². The Morgan fingerprint density at radius 2 is 2.06 bits per heavy atom. The van der Waals surface area contributed by atoms with Crippen molar-refractivity contribution in [3.63, 3.8) is 0 Å². The number of aliphatic hydroxyl groups is 1. The van der Waals surface area contributed by atoms with E-state index in [0.29, 0.717) is 25.9 Å². The van der Waals surface area contributed by atoms with E-state index in [0.717, 1.165) is 0 Å². The van der Waals surface area contributed by atoms with Crippen LogP contribution in [0.25, 0.3) is 0 Å². The van der Waals surface area contributed by atoms with Crippen molar-refractivity contribution in [3.05, 3.63) is 18.5 Å². The van der Waals surface area contributed by atoms with Crippen molar-refractivity contribution < 1.29 is 13.5 Å². The molecule has 0 saturated carbocycles. The predicted octanol–water partition coefficient (Wildman–Crippen LogP) is 0.550. The Hall–Kier alpha value is -0.850. The number of rotatable bonds is 2. The van der Waals surface area contributed by atoms with Crippen molar-refractivity contribution in [1.29, 1.82) is 0 Å². The molecule has 0 atom stereocenters. The predicted molar refractivity (Wildman–Crippen MR) is 59.4 cm³/mol. The Morgan fingerprint density at radius 1 is 1.44 bits per heavy atom. The number of hydrogen-bond donors (Lipinski definition) is 2. The SMILES string of the molecule is CC1(O)CCN(S(=O)(=O)c2cc[nH]c2)CC1. The summed E-state index contributed by atoms with van der Waals surface area (Å²) >= 11 is 0. The summed E-state index contributed by atoms with van der Waals surface area (Å²) in [6.07, 6.45) is 4.03. The number of nitrogens with one attached hydrogen (secondary N) is 1. The van der Waals surface area contributed by atoms with Crippen LogP contribution in [0.4, 0.5) is 0 Å². The Morgan fingerprint density at radius 3 is 2.56 bits per heavy atom. The highest BCUT2D eigenvalue weighted by atomic mass is 32.2. The van der Waals surface area contributed by atoms with Crippen LogP contribution in [-0.2, 0) is 10.0 Å². The largest absolute Gasteiger partial charge is 0.390 e. The van der Waals surface area contributed by atoms with Gasteiger partial charge in [0.1, 0.15) is 0 Å². The van der Waals surface area contributed by atoms with Crippen molar-refractivity contribution in [3.8, 4) is 0 Å². The minimum atomic E-state index is -3.38. The zero-order valence-corrected chi connectivity index (χ0v) is 10.00. The summed E-state index contributed by atoms with van der Waals surface area (Å²) in [5.74, 6) is 0.